The van der Waals surface area contributed by atoms with Crippen molar-refractivity contribution in [1.82, 2.24) is 9.78 Å². The highest BCUT2D eigenvalue weighted by atomic mass is 35.5. The van der Waals surface area contributed by atoms with Gasteiger partial charge in [-0.2, -0.15) is 5.10 Å². The Morgan fingerprint density at radius 1 is 1.37 bits per heavy atom. The summed E-state index contributed by atoms with van der Waals surface area (Å²) in [5, 5.41) is 7.90. The molecule has 0 bridgehead atoms. The molecule has 1 aromatic heterocycles. The number of nitrogens with zero attached hydrogens (tertiary/aromatic N) is 2. The molecule has 3 nitrogen and oxygen atoms in total. The van der Waals surface area contributed by atoms with E-state index in [-0.39, 0.29) is 11.1 Å². The molecule has 1 unspecified atom stereocenters. The minimum absolute atomic E-state index is 0.0275. The number of aromatic nitrogens is 2. The third-order valence-corrected chi connectivity index (χ3v) is 3.60. The van der Waals surface area contributed by atoms with Crippen molar-refractivity contribution in [3.8, 4) is 0 Å². The van der Waals surface area contributed by atoms with E-state index in [0.29, 0.717) is 0 Å². The van der Waals surface area contributed by atoms with E-state index in [1.54, 1.807) is 12.1 Å². The molecular formula is C14H17ClFN3. The fraction of sp³-hybridized carbons (Fsp3) is 0.357. The lowest BCUT2D eigenvalue weighted by Gasteiger charge is -2.16. The van der Waals surface area contributed by atoms with Crippen molar-refractivity contribution >= 4 is 17.3 Å². The lowest BCUT2D eigenvalue weighted by atomic mass is 10.1. The van der Waals surface area contributed by atoms with Gasteiger partial charge >= 0.3 is 0 Å². The zero-order valence-corrected chi connectivity index (χ0v) is 12.2. The molecule has 1 aromatic carbocycles. The largest absolute Gasteiger partial charge is 0.376 e. The maximum Gasteiger partial charge on any atom is 0.141 e. The van der Waals surface area contributed by atoms with E-state index in [1.807, 2.05) is 32.5 Å². The molecule has 0 radical (unpaired) electrons. The lowest BCUT2D eigenvalue weighted by molar-refractivity contribution is 0.627. The molecule has 0 aliphatic heterocycles. The average molecular weight is 282 g/mol. The van der Waals surface area contributed by atoms with Crippen LogP contribution in [-0.2, 0) is 7.05 Å². The van der Waals surface area contributed by atoms with Crippen LogP contribution in [0.4, 0.5) is 10.1 Å². The summed E-state index contributed by atoms with van der Waals surface area (Å²) in [6.45, 7) is 5.97. The van der Waals surface area contributed by atoms with Gasteiger partial charge in [-0.15, -0.1) is 0 Å². The number of halogens is 2. The first kappa shape index (κ1) is 13.9. The molecule has 1 heterocycles. The quantitative estimate of drug-likeness (QED) is 0.921. The molecule has 0 spiro atoms. The Morgan fingerprint density at radius 2 is 2.05 bits per heavy atom. The smallest absolute Gasteiger partial charge is 0.141 e. The number of anilines is 1. The Hall–Kier alpha value is -1.55. The normalized spacial score (nSPS) is 12.5. The van der Waals surface area contributed by atoms with Gasteiger partial charge in [-0.1, -0.05) is 17.7 Å². The third kappa shape index (κ3) is 2.73. The minimum Gasteiger partial charge on any atom is -0.376 e. The summed E-state index contributed by atoms with van der Waals surface area (Å²) in [6, 6.07) is 4.80. The summed E-state index contributed by atoms with van der Waals surface area (Å²) < 4.78 is 15.0. The molecule has 0 saturated carbocycles. The SMILES string of the molecule is Cc1nn(C)c(C)c1NC(C)c1ccc(F)c(Cl)c1. The predicted octanol–water partition coefficient (Wildman–Crippen LogP) is 4.00. The summed E-state index contributed by atoms with van der Waals surface area (Å²) in [7, 11) is 1.91. The van der Waals surface area contributed by atoms with E-state index in [0.717, 1.165) is 22.6 Å². The Balaban J connectivity index is 2.25. The molecule has 2 aromatic rings. The first-order chi connectivity index (χ1) is 8.90. The van der Waals surface area contributed by atoms with Crippen molar-refractivity contribution in [2.24, 2.45) is 7.05 Å². The van der Waals surface area contributed by atoms with Crippen LogP contribution < -0.4 is 5.32 Å². The molecule has 0 fully saturated rings. The van der Waals surface area contributed by atoms with Crippen LogP contribution in [0.3, 0.4) is 0 Å². The van der Waals surface area contributed by atoms with Crippen molar-refractivity contribution in [3.63, 3.8) is 0 Å². The molecule has 1 N–H and O–H groups in total. The molecule has 0 saturated heterocycles. The van der Waals surface area contributed by atoms with Crippen LogP contribution in [0.1, 0.15) is 29.9 Å². The van der Waals surface area contributed by atoms with Gasteiger partial charge in [-0.25, -0.2) is 4.39 Å². The summed E-state index contributed by atoms with van der Waals surface area (Å²) in [4.78, 5) is 0. The van der Waals surface area contributed by atoms with Gasteiger partial charge in [0.05, 0.1) is 22.1 Å². The predicted molar refractivity (Wildman–Crippen MR) is 76.1 cm³/mol. The van der Waals surface area contributed by atoms with Crippen LogP contribution in [0.15, 0.2) is 18.2 Å². The first-order valence-corrected chi connectivity index (χ1v) is 6.49. The van der Waals surface area contributed by atoms with E-state index < -0.39 is 5.82 Å². The van der Waals surface area contributed by atoms with E-state index >= 15 is 0 Å². The van der Waals surface area contributed by atoms with Gasteiger partial charge < -0.3 is 5.32 Å². The number of aryl methyl sites for hydroxylation is 2. The van der Waals surface area contributed by atoms with Crippen molar-refractivity contribution in [2.45, 2.75) is 26.8 Å². The van der Waals surface area contributed by atoms with Gasteiger partial charge in [0.15, 0.2) is 0 Å². The van der Waals surface area contributed by atoms with Gasteiger partial charge in [0, 0.05) is 13.1 Å². The maximum absolute atomic E-state index is 13.2. The Labute approximate surface area is 117 Å². The highest BCUT2D eigenvalue weighted by molar-refractivity contribution is 6.30. The summed E-state index contributed by atoms with van der Waals surface area (Å²) in [5.41, 5.74) is 3.96. The van der Waals surface area contributed by atoms with Crippen molar-refractivity contribution in [2.75, 3.05) is 5.32 Å². The fourth-order valence-corrected chi connectivity index (χ4v) is 2.25. The van der Waals surface area contributed by atoms with Crippen molar-refractivity contribution < 1.29 is 4.39 Å². The Kier molecular flexibility index (Phi) is 3.80. The van der Waals surface area contributed by atoms with Gasteiger partial charge in [0.25, 0.3) is 0 Å². The number of hydrogen-bond donors (Lipinski definition) is 1. The molecule has 102 valence electrons. The molecule has 0 aliphatic rings. The van der Waals surface area contributed by atoms with Gasteiger partial charge in [-0.05, 0) is 38.5 Å². The molecular weight excluding hydrogens is 265 g/mol. The summed E-state index contributed by atoms with van der Waals surface area (Å²) in [5.74, 6) is -0.397. The molecule has 1 atom stereocenters. The van der Waals surface area contributed by atoms with Crippen LogP contribution >= 0.6 is 11.6 Å². The zero-order valence-electron chi connectivity index (χ0n) is 11.5. The molecule has 19 heavy (non-hydrogen) atoms. The second kappa shape index (κ2) is 5.21. The highest BCUT2D eigenvalue weighted by Crippen LogP contribution is 2.26. The van der Waals surface area contributed by atoms with Crippen LogP contribution in [0.5, 0.6) is 0 Å². The van der Waals surface area contributed by atoms with Crippen LogP contribution in [-0.4, -0.2) is 9.78 Å². The number of benzene rings is 1. The van der Waals surface area contributed by atoms with Crippen LogP contribution in [0, 0.1) is 19.7 Å². The van der Waals surface area contributed by atoms with Gasteiger partial charge in [0.1, 0.15) is 5.82 Å². The van der Waals surface area contributed by atoms with Gasteiger partial charge in [0.2, 0.25) is 0 Å². The second-order valence-corrected chi connectivity index (χ2v) is 5.12. The third-order valence-electron chi connectivity index (χ3n) is 3.31. The first-order valence-electron chi connectivity index (χ1n) is 6.12. The monoisotopic (exact) mass is 281 g/mol. The fourth-order valence-electron chi connectivity index (χ4n) is 2.06. The summed E-state index contributed by atoms with van der Waals surface area (Å²) >= 11 is 5.81. The number of nitrogens with one attached hydrogen (secondary N) is 1. The van der Waals surface area contributed by atoms with E-state index in [1.165, 1.54) is 6.07 Å². The lowest BCUT2D eigenvalue weighted by Crippen LogP contribution is -2.08. The molecule has 0 amide bonds. The molecule has 2 rings (SSSR count). The zero-order chi connectivity index (χ0) is 14.2. The number of hydrogen-bond acceptors (Lipinski definition) is 2. The number of rotatable bonds is 3. The summed E-state index contributed by atoms with van der Waals surface area (Å²) in [6.07, 6.45) is 0. The highest BCUT2D eigenvalue weighted by Gasteiger charge is 2.14. The molecule has 5 heteroatoms. The van der Waals surface area contributed by atoms with Gasteiger partial charge in [-0.3, -0.25) is 4.68 Å². The Morgan fingerprint density at radius 3 is 2.58 bits per heavy atom. The van der Waals surface area contributed by atoms with Crippen molar-refractivity contribution in [3.05, 3.63) is 46.0 Å². The van der Waals surface area contributed by atoms with Crippen LogP contribution in [0.25, 0.3) is 0 Å². The standard InChI is InChI=1S/C14H17ClFN3/c1-8(11-5-6-13(16)12(15)7-11)17-14-9(2)18-19(4)10(14)3/h5-8,17H,1-4H3. The van der Waals surface area contributed by atoms with E-state index in [9.17, 15) is 4.39 Å². The average Bonchev–Trinajstić information content (AvgIpc) is 2.59. The van der Waals surface area contributed by atoms with E-state index in [2.05, 4.69) is 10.4 Å². The second-order valence-electron chi connectivity index (χ2n) is 4.71. The van der Waals surface area contributed by atoms with Crippen molar-refractivity contribution in [1.29, 1.82) is 0 Å². The van der Waals surface area contributed by atoms with E-state index in [4.69, 9.17) is 11.6 Å². The topological polar surface area (TPSA) is 29.9 Å². The Bertz CT molecular complexity index is 607. The molecule has 0 aliphatic carbocycles. The minimum atomic E-state index is -0.397. The maximum atomic E-state index is 13.2. The van der Waals surface area contributed by atoms with Crippen LogP contribution in [0.2, 0.25) is 5.02 Å².